The average Bonchev–Trinajstić information content (AvgIpc) is 2.98. The third-order valence-electron chi connectivity index (χ3n) is 2.37. The van der Waals surface area contributed by atoms with E-state index in [1.807, 2.05) is 0 Å². The van der Waals surface area contributed by atoms with Gasteiger partial charge in [0.2, 0.25) is 15.2 Å². The zero-order valence-electron chi connectivity index (χ0n) is 9.64. The summed E-state index contributed by atoms with van der Waals surface area (Å²) in [7, 11) is -3.28. The van der Waals surface area contributed by atoms with Crippen molar-refractivity contribution in [3.05, 3.63) is 5.01 Å². The fourth-order valence-corrected chi connectivity index (χ4v) is 3.30. The molecule has 1 aromatic heterocycles. The summed E-state index contributed by atoms with van der Waals surface area (Å²) in [6.07, 6.45) is 3.05. The van der Waals surface area contributed by atoms with Gasteiger partial charge in [-0.2, -0.15) is 0 Å². The van der Waals surface area contributed by atoms with Crippen LogP contribution in [0, 0.1) is 6.92 Å². The summed E-state index contributed by atoms with van der Waals surface area (Å²) in [5.74, 6) is 0.116. The smallest absolute Gasteiger partial charge is 0.234 e. The van der Waals surface area contributed by atoms with Crippen LogP contribution in [0.2, 0.25) is 0 Å². The van der Waals surface area contributed by atoms with E-state index in [-0.39, 0.29) is 5.75 Å². The lowest BCUT2D eigenvalue weighted by Crippen LogP contribution is -2.23. The van der Waals surface area contributed by atoms with Gasteiger partial charge in [0.05, 0.1) is 5.75 Å². The van der Waals surface area contributed by atoms with E-state index in [4.69, 9.17) is 0 Å². The van der Waals surface area contributed by atoms with Gasteiger partial charge in [-0.25, -0.2) is 8.42 Å². The Hall–Kier alpha value is -0.730. The number of sulfonamides is 1. The van der Waals surface area contributed by atoms with Gasteiger partial charge in [-0.15, -0.1) is 10.2 Å². The van der Waals surface area contributed by atoms with Crippen molar-refractivity contribution < 1.29 is 8.42 Å². The molecule has 2 N–H and O–H groups in total. The molecule has 1 heterocycles. The number of aryl methyl sites for hydroxylation is 1. The van der Waals surface area contributed by atoms with E-state index < -0.39 is 10.0 Å². The molecule has 0 unspecified atom stereocenters. The average molecular weight is 276 g/mol. The molecule has 8 heteroatoms. The maximum absolute atomic E-state index is 11.7. The van der Waals surface area contributed by atoms with Crippen molar-refractivity contribution in [2.45, 2.75) is 32.2 Å². The SMILES string of the molecule is Cc1nnc(NS(=O)(=O)CCCNC2CC2)s1. The molecule has 0 aliphatic heterocycles. The second-order valence-electron chi connectivity index (χ2n) is 4.13. The molecular weight excluding hydrogens is 260 g/mol. The van der Waals surface area contributed by atoms with Gasteiger partial charge in [-0.1, -0.05) is 11.3 Å². The van der Waals surface area contributed by atoms with Crippen molar-refractivity contribution in [3.8, 4) is 0 Å². The quantitative estimate of drug-likeness (QED) is 0.717. The Morgan fingerprint density at radius 3 is 2.76 bits per heavy atom. The number of nitrogens with one attached hydrogen (secondary N) is 2. The van der Waals surface area contributed by atoms with Crippen LogP contribution in [-0.2, 0) is 10.0 Å². The first-order valence-electron chi connectivity index (χ1n) is 5.59. The van der Waals surface area contributed by atoms with Crippen molar-refractivity contribution >= 4 is 26.5 Å². The monoisotopic (exact) mass is 276 g/mol. The van der Waals surface area contributed by atoms with Gasteiger partial charge in [-0.3, -0.25) is 4.72 Å². The zero-order chi connectivity index (χ0) is 12.3. The van der Waals surface area contributed by atoms with Crippen LogP contribution < -0.4 is 10.0 Å². The molecule has 2 rings (SSSR count). The molecule has 0 atom stereocenters. The maximum Gasteiger partial charge on any atom is 0.234 e. The van der Waals surface area contributed by atoms with Crippen molar-refractivity contribution in [2.75, 3.05) is 17.0 Å². The van der Waals surface area contributed by atoms with E-state index in [1.54, 1.807) is 6.92 Å². The summed E-state index contributed by atoms with van der Waals surface area (Å²) in [6.45, 7) is 2.54. The lowest BCUT2D eigenvalue weighted by molar-refractivity contribution is 0.593. The number of nitrogens with zero attached hydrogens (tertiary/aromatic N) is 2. The van der Waals surface area contributed by atoms with Crippen LogP contribution in [0.5, 0.6) is 0 Å². The number of anilines is 1. The minimum absolute atomic E-state index is 0.116. The molecule has 17 heavy (non-hydrogen) atoms. The van der Waals surface area contributed by atoms with Crippen LogP contribution >= 0.6 is 11.3 Å². The second kappa shape index (κ2) is 5.28. The van der Waals surface area contributed by atoms with E-state index in [1.165, 1.54) is 24.2 Å². The van der Waals surface area contributed by atoms with E-state index in [0.717, 1.165) is 11.6 Å². The van der Waals surface area contributed by atoms with Crippen molar-refractivity contribution in [3.63, 3.8) is 0 Å². The molecule has 1 fully saturated rings. The van der Waals surface area contributed by atoms with Gasteiger partial charge in [0.1, 0.15) is 5.01 Å². The van der Waals surface area contributed by atoms with E-state index in [2.05, 4.69) is 20.2 Å². The molecule has 0 aromatic carbocycles. The van der Waals surface area contributed by atoms with Crippen molar-refractivity contribution in [1.29, 1.82) is 0 Å². The van der Waals surface area contributed by atoms with E-state index in [0.29, 0.717) is 17.6 Å². The van der Waals surface area contributed by atoms with Gasteiger partial charge in [0.25, 0.3) is 0 Å². The summed E-state index contributed by atoms with van der Waals surface area (Å²) in [4.78, 5) is 0. The maximum atomic E-state index is 11.7. The fourth-order valence-electron chi connectivity index (χ4n) is 1.38. The normalized spacial score (nSPS) is 16.1. The molecule has 6 nitrogen and oxygen atoms in total. The van der Waals surface area contributed by atoms with Crippen LogP contribution in [0.15, 0.2) is 0 Å². The topological polar surface area (TPSA) is 84.0 Å². The van der Waals surface area contributed by atoms with Crippen LogP contribution in [0.25, 0.3) is 0 Å². The largest absolute Gasteiger partial charge is 0.314 e. The third kappa shape index (κ3) is 4.57. The number of hydrogen-bond donors (Lipinski definition) is 2. The molecule has 0 spiro atoms. The lowest BCUT2D eigenvalue weighted by atomic mass is 10.5. The van der Waals surface area contributed by atoms with E-state index >= 15 is 0 Å². The first-order valence-corrected chi connectivity index (χ1v) is 8.06. The first kappa shape index (κ1) is 12.7. The van der Waals surface area contributed by atoms with Crippen LogP contribution in [0.1, 0.15) is 24.3 Å². The Bertz CT molecular complexity index is 467. The van der Waals surface area contributed by atoms with Gasteiger partial charge < -0.3 is 5.32 Å². The number of hydrogen-bond acceptors (Lipinski definition) is 6. The minimum Gasteiger partial charge on any atom is -0.314 e. The second-order valence-corrected chi connectivity index (χ2v) is 7.15. The number of rotatable bonds is 7. The van der Waals surface area contributed by atoms with Crippen LogP contribution in [0.3, 0.4) is 0 Å². The summed E-state index contributed by atoms with van der Waals surface area (Å²) >= 11 is 1.24. The predicted octanol–water partition coefficient (Wildman–Crippen LogP) is 0.730. The highest BCUT2D eigenvalue weighted by molar-refractivity contribution is 7.92. The highest BCUT2D eigenvalue weighted by atomic mass is 32.2. The molecule has 1 aromatic rings. The van der Waals surface area contributed by atoms with Gasteiger partial charge >= 0.3 is 0 Å². The lowest BCUT2D eigenvalue weighted by Gasteiger charge is -2.05. The Labute approximate surface area is 105 Å². The van der Waals surface area contributed by atoms with Crippen LogP contribution in [0.4, 0.5) is 5.13 Å². The molecule has 0 bridgehead atoms. The fraction of sp³-hybridized carbons (Fsp3) is 0.778. The molecule has 96 valence electrons. The third-order valence-corrected chi connectivity index (χ3v) is 4.58. The number of aromatic nitrogens is 2. The molecular formula is C9H16N4O2S2. The Balaban J connectivity index is 1.73. The molecule has 1 saturated carbocycles. The molecule has 1 aliphatic rings. The Morgan fingerprint density at radius 1 is 1.41 bits per heavy atom. The molecule has 1 aliphatic carbocycles. The summed E-state index contributed by atoms with van der Waals surface area (Å²) in [5, 5.41) is 11.9. The summed E-state index contributed by atoms with van der Waals surface area (Å²) in [6, 6.07) is 0.622. The van der Waals surface area contributed by atoms with E-state index in [9.17, 15) is 8.42 Å². The standard InChI is InChI=1S/C9H16N4O2S2/c1-7-11-12-9(16-7)13-17(14,15)6-2-5-10-8-3-4-8/h8,10H,2-6H2,1H3,(H,12,13). The Morgan fingerprint density at radius 2 is 2.18 bits per heavy atom. The summed E-state index contributed by atoms with van der Waals surface area (Å²) in [5.41, 5.74) is 0. The van der Waals surface area contributed by atoms with Gasteiger partial charge in [-0.05, 0) is 32.7 Å². The molecule has 0 saturated heterocycles. The highest BCUT2D eigenvalue weighted by Gasteiger charge is 2.20. The summed E-state index contributed by atoms with van der Waals surface area (Å²) < 4.78 is 25.8. The first-order chi connectivity index (χ1) is 8.05. The Kier molecular flexibility index (Phi) is 3.95. The molecule has 0 amide bonds. The van der Waals surface area contributed by atoms with Gasteiger partial charge in [0.15, 0.2) is 0 Å². The minimum atomic E-state index is -3.28. The van der Waals surface area contributed by atoms with Crippen molar-refractivity contribution in [1.82, 2.24) is 15.5 Å². The highest BCUT2D eigenvalue weighted by Crippen LogP contribution is 2.18. The molecule has 0 radical (unpaired) electrons. The van der Waals surface area contributed by atoms with Crippen molar-refractivity contribution in [2.24, 2.45) is 0 Å². The van der Waals surface area contributed by atoms with Gasteiger partial charge in [0, 0.05) is 6.04 Å². The zero-order valence-corrected chi connectivity index (χ0v) is 11.3. The predicted molar refractivity (Wildman–Crippen MR) is 67.7 cm³/mol. The van der Waals surface area contributed by atoms with Crippen LogP contribution in [-0.4, -0.2) is 37.0 Å².